The molecule has 13 heavy (non-hydrogen) atoms. The normalized spacial score (nSPS) is 14.7. The molecule has 0 aliphatic carbocycles. The Morgan fingerprint density at radius 2 is 2.08 bits per heavy atom. The van der Waals surface area contributed by atoms with Crippen LogP contribution in [0.25, 0.3) is 0 Å². The van der Waals surface area contributed by atoms with Crippen LogP contribution in [0.15, 0.2) is 11.4 Å². The van der Waals surface area contributed by atoms with Crippen molar-refractivity contribution in [3.8, 4) is 0 Å². The maximum Gasteiger partial charge on any atom is 0.177 e. The Hall–Kier alpha value is -1.36. The molecule has 2 heterocycles. The van der Waals surface area contributed by atoms with E-state index in [1.165, 1.54) is 6.33 Å². The predicted octanol–water partition coefficient (Wildman–Crippen LogP) is 0.959. The lowest BCUT2D eigenvalue weighted by atomic mass is 10.4. The molecular formula is C7H8ClN5. The van der Waals surface area contributed by atoms with Crippen LogP contribution in [0.1, 0.15) is 0 Å². The molecule has 1 aliphatic heterocycles. The molecule has 5 nitrogen and oxygen atoms in total. The van der Waals surface area contributed by atoms with Crippen molar-refractivity contribution in [2.75, 3.05) is 24.0 Å². The Kier molecular flexibility index (Phi) is 1.81. The minimum Gasteiger partial charge on any atom is -0.328 e. The van der Waals surface area contributed by atoms with Crippen LogP contribution in [-0.2, 0) is 0 Å². The molecule has 0 saturated heterocycles. The van der Waals surface area contributed by atoms with E-state index in [4.69, 9.17) is 11.6 Å². The van der Waals surface area contributed by atoms with Gasteiger partial charge >= 0.3 is 0 Å². The smallest absolute Gasteiger partial charge is 0.177 e. The van der Waals surface area contributed by atoms with Crippen molar-refractivity contribution in [3.05, 3.63) is 11.5 Å². The summed E-state index contributed by atoms with van der Waals surface area (Å²) in [6.45, 7) is 0. The van der Waals surface area contributed by atoms with Gasteiger partial charge in [0.05, 0.1) is 0 Å². The van der Waals surface area contributed by atoms with Crippen LogP contribution in [0.3, 0.4) is 0 Å². The zero-order chi connectivity index (χ0) is 9.42. The van der Waals surface area contributed by atoms with Gasteiger partial charge in [-0.3, -0.25) is 0 Å². The van der Waals surface area contributed by atoms with Crippen LogP contribution >= 0.6 is 11.6 Å². The number of hydrogen-bond donors (Lipinski definition) is 0. The zero-order valence-electron chi connectivity index (χ0n) is 7.27. The van der Waals surface area contributed by atoms with Crippen molar-refractivity contribution in [3.63, 3.8) is 0 Å². The molecular weight excluding hydrogens is 190 g/mol. The molecule has 0 bridgehead atoms. The van der Waals surface area contributed by atoms with Crippen molar-refractivity contribution in [1.29, 1.82) is 0 Å². The van der Waals surface area contributed by atoms with Gasteiger partial charge in [-0.05, 0) is 0 Å². The molecule has 0 radical (unpaired) electrons. The molecule has 0 fully saturated rings. The zero-order valence-corrected chi connectivity index (χ0v) is 8.02. The fourth-order valence-electron chi connectivity index (χ4n) is 1.16. The molecule has 0 atom stereocenters. The molecule has 6 heteroatoms. The number of fused-ring (bicyclic) bond motifs is 1. The molecule has 0 aromatic carbocycles. The van der Waals surface area contributed by atoms with E-state index in [9.17, 15) is 0 Å². The van der Waals surface area contributed by atoms with Gasteiger partial charge in [-0.15, -0.1) is 0 Å². The summed E-state index contributed by atoms with van der Waals surface area (Å²) in [6, 6.07) is 0. The highest BCUT2D eigenvalue weighted by Gasteiger charge is 2.19. The maximum absolute atomic E-state index is 5.92. The molecule has 0 N–H and O–H groups in total. The first kappa shape index (κ1) is 8.25. The molecule has 1 aromatic heterocycles. The van der Waals surface area contributed by atoms with Crippen LogP contribution in [0.2, 0.25) is 5.15 Å². The first-order valence-electron chi connectivity index (χ1n) is 3.71. The number of rotatable bonds is 0. The standard InChI is InChI=1S/C7H8ClN5/c1-12-4-11-13(2)7-5(12)6(8)9-3-10-7/h3-4H,1-2H3. The van der Waals surface area contributed by atoms with Gasteiger partial charge in [-0.25, -0.2) is 15.0 Å². The Bertz CT molecular complexity index is 364. The number of hydrazone groups is 1. The third-order valence-corrected chi connectivity index (χ3v) is 2.09. The molecule has 0 unspecified atom stereocenters. The molecule has 0 spiro atoms. The Morgan fingerprint density at radius 1 is 1.31 bits per heavy atom. The number of aromatic nitrogens is 2. The maximum atomic E-state index is 5.92. The minimum atomic E-state index is 0.436. The Morgan fingerprint density at radius 3 is 2.77 bits per heavy atom. The van der Waals surface area contributed by atoms with Gasteiger partial charge in [0, 0.05) is 14.1 Å². The molecule has 68 valence electrons. The van der Waals surface area contributed by atoms with Gasteiger partial charge in [-0.2, -0.15) is 5.10 Å². The van der Waals surface area contributed by atoms with E-state index in [0.29, 0.717) is 11.0 Å². The number of nitrogens with zero attached hydrogens (tertiary/aromatic N) is 5. The fourth-order valence-corrected chi connectivity index (χ4v) is 1.42. The third-order valence-electron chi connectivity index (χ3n) is 1.82. The van der Waals surface area contributed by atoms with E-state index < -0.39 is 0 Å². The first-order chi connectivity index (χ1) is 6.20. The summed E-state index contributed by atoms with van der Waals surface area (Å²) in [4.78, 5) is 9.78. The monoisotopic (exact) mass is 197 g/mol. The van der Waals surface area contributed by atoms with E-state index in [1.807, 2.05) is 14.1 Å². The van der Waals surface area contributed by atoms with Crippen molar-refractivity contribution >= 4 is 29.4 Å². The largest absolute Gasteiger partial charge is 0.328 e. The second-order valence-electron chi connectivity index (χ2n) is 2.70. The van der Waals surface area contributed by atoms with Crippen molar-refractivity contribution in [1.82, 2.24) is 9.97 Å². The highest BCUT2D eigenvalue weighted by atomic mass is 35.5. The van der Waals surface area contributed by atoms with E-state index >= 15 is 0 Å². The Labute approximate surface area is 80.6 Å². The molecule has 0 amide bonds. The van der Waals surface area contributed by atoms with Gasteiger partial charge in [0.2, 0.25) is 0 Å². The summed E-state index contributed by atoms with van der Waals surface area (Å²) in [5.41, 5.74) is 0.779. The van der Waals surface area contributed by atoms with E-state index in [2.05, 4.69) is 15.1 Å². The van der Waals surface area contributed by atoms with Gasteiger partial charge in [0.1, 0.15) is 18.4 Å². The predicted molar refractivity (Wildman–Crippen MR) is 52.3 cm³/mol. The van der Waals surface area contributed by atoms with Gasteiger partial charge in [0.25, 0.3) is 0 Å². The summed E-state index contributed by atoms with van der Waals surface area (Å²) in [7, 11) is 3.66. The van der Waals surface area contributed by atoms with Gasteiger partial charge in [-0.1, -0.05) is 11.6 Å². The average molecular weight is 198 g/mol. The quantitative estimate of drug-likeness (QED) is 0.582. The summed E-state index contributed by atoms with van der Waals surface area (Å²) >= 11 is 5.92. The van der Waals surface area contributed by atoms with Crippen LogP contribution in [0.4, 0.5) is 11.5 Å². The Balaban J connectivity index is 2.62. The summed E-state index contributed by atoms with van der Waals surface area (Å²) in [5, 5.41) is 6.17. The fraction of sp³-hybridized carbons (Fsp3) is 0.286. The second kappa shape index (κ2) is 2.85. The number of hydrogen-bond acceptors (Lipinski definition) is 5. The van der Waals surface area contributed by atoms with Gasteiger partial charge < -0.3 is 4.90 Å². The summed E-state index contributed by atoms with van der Waals surface area (Å²) < 4.78 is 0. The SMILES string of the molecule is CN1C=NN(C)c2ncnc(Cl)c21. The molecule has 0 saturated carbocycles. The highest BCUT2D eigenvalue weighted by molar-refractivity contribution is 6.33. The lowest BCUT2D eigenvalue weighted by Gasteiger charge is -2.25. The first-order valence-corrected chi connectivity index (χ1v) is 4.09. The second-order valence-corrected chi connectivity index (χ2v) is 3.06. The van der Waals surface area contributed by atoms with Crippen molar-refractivity contribution < 1.29 is 0 Å². The van der Waals surface area contributed by atoms with Gasteiger partial charge in [0.15, 0.2) is 11.0 Å². The summed E-state index contributed by atoms with van der Waals surface area (Å²) in [6.07, 6.45) is 3.09. The van der Waals surface area contributed by atoms with Crippen LogP contribution in [0, 0.1) is 0 Å². The molecule has 1 aromatic rings. The molecule has 1 aliphatic rings. The van der Waals surface area contributed by atoms with Crippen LogP contribution in [-0.4, -0.2) is 30.4 Å². The average Bonchev–Trinajstić information content (AvgIpc) is 2.12. The lowest BCUT2D eigenvalue weighted by molar-refractivity contribution is 0.934. The topological polar surface area (TPSA) is 44.6 Å². The van der Waals surface area contributed by atoms with Crippen molar-refractivity contribution in [2.24, 2.45) is 5.10 Å². The number of anilines is 2. The van der Waals surface area contributed by atoms with Crippen LogP contribution < -0.4 is 9.91 Å². The van der Waals surface area contributed by atoms with E-state index in [0.717, 1.165) is 5.69 Å². The van der Waals surface area contributed by atoms with Crippen molar-refractivity contribution in [2.45, 2.75) is 0 Å². The van der Waals surface area contributed by atoms with E-state index in [1.54, 1.807) is 16.2 Å². The minimum absolute atomic E-state index is 0.436. The summed E-state index contributed by atoms with van der Waals surface area (Å²) in [5.74, 6) is 0.713. The highest BCUT2D eigenvalue weighted by Crippen LogP contribution is 2.32. The van der Waals surface area contributed by atoms with Crippen LogP contribution in [0.5, 0.6) is 0 Å². The lowest BCUT2D eigenvalue weighted by Crippen LogP contribution is -2.27. The molecule has 2 rings (SSSR count). The third kappa shape index (κ3) is 1.21. The van der Waals surface area contributed by atoms with E-state index in [-0.39, 0.29) is 0 Å². The number of halogens is 1.